The summed E-state index contributed by atoms with van der Waals surface area (Å²) in [7, 11) is 1.84. The van der Waals surface area contributed by atoms with Crippen LogP contribution < -0.4 is 4.90 Å². The topological polar surface area (TPSA) is 80.0 Å². The Morgan fingerprint density at radius 1 is 1.03 bits per heavy atom. The number of ketones is 1. The first-order valence-electron chi connectivity index (χ1n) is 11.9. The second kappa shape index (κ2) is 9.69. The molecule has 0 N–H and O–H groups in total. The lowest BCUT2D eigenvalue weighted by Gasteiger charge is -2.36. The van der Waals surface area contributed by atoms with E-state index in [2.05, 4.69) is 19.9 Å². The van der Waals surface area contributed by atoms with Gasteiger partial charge in [-0.25, -0.2) is 18.7 Å². The Labute approximate surface area is 207 Å². The number of hydrogen-bond acceptors (Lipinski definition) is 7. The maximum atomic E-state index is 14.1. The first kappa shape index (κ1) is 23.9. The van der Waals surface area contributed by atoms with Crippen molar-refractivity contribution in [2.24, 2.45) is 13.0 Å². The lowest BCUT2D eigenvalue weighted by Crippen LogP contribution is -2.46. The van der Waals surface area contributed by atoms with E-state index in [9.17, 15) is 13.6 Å². The van der Waals surface area contributed by atoms with Crippen molar-refractivity contribution in [3.8, 4) is 11.3 Å². The van der Waals surface area contributed by atoms with Gasteiger partial charge in [0.25, 0.3) is 0 Å². The first-order chi connectivity index (χ1) is 17.3. The predicted octanol–water partition coefficient (Wildman–Crippen LogP) is 3.86. The van der Waals surface area contributed by atoms with Crippen molar-refractivity contribution < 1.29 is 13.6 Å². The summed E-state index contributed by atoms with van der Waals surface area (Å²) in [5.41, 5.74) is 3.56. The van der Waals surface area contributed by atoms with Gasteiger partial charge in [0, 0.05) is 69.1 Å². The molecule has 0 spiro atoms. The molecule has 1 aliphatic rings. The van der Waals surface area contributed by atoms with Crippen molar-refractivity contribution in [2.75, 3.05) is 31.1 Å². The molecule has 1 aliphatic heterocycles. The molecular formula is C26H27F2N7O. The van der Waals surface area contributed by atoms with E-state index in [0.717, 1.165) is 11.6 Å². The third-order valence-electron chi connectivity index (χ3n) is 6.37. The van der Waals surface area contributed by atoms with Crippen LogP contribution >= 0.6 is 0 Å². The zero-order valence-corrected chi connectivity index (χ0v) is 20.4. The van der Waals surface area contributed by atoms with Gasteiger partial charge in [0.1, 0.15) is 28.5 Å². The molecule has 0 unspecified atom stereocenters. The number of halogens is 2. The standard InChI is InChI=1S/C26H27F2N7O/c1-16(2)25(36)22-11-21-23(13-29-22)32-26(24(31-21)18-12-30-33(3)14-18)35-8-6-34(7-9-35)15-17-4-5-19(27)10-20(17)28/h4-5,10-14,16H,6-9,15H2,1-3H3. The first-order valence-corrected chi connectivity index (χ1v) is 11.9. The zero-order chi connectivity index (χ0) is 25.4. The quantitative estimate of drug-likeness (QED) is 0.379. The van der Waals surface area contributed by atoms with Crippen molar-refractivity contribution in [1.82, 2.24) is 29.6 Å². The van der Waals surface area contributed by atoms with Crippen LogP contribution in [0.2, 0.25) is 0 Å². The Kier molecular flexibility index (Phi) is 6.44. The highest BCUT2D eigenvalue weighted by atomic mass is 19.1. The van der Waals surface area contributed by atoms with Gasteiger partial charge in [0.2, 0.25) is 0 Å². The molecule has 1 fully saturated rings. The molecule has 10 heteroatoms. The van der Waals surface area contributed by atoms with Crippen LogP contribution in [-0.2, 0) is 13.6 Å². The van der Waals surface area contributed by atoms with Crippen molar-refractivity contribution in [1.29, 1.82) is 0 Å². The molecule has 36 heavy (non-hydrogen) atoms. The van der Waals surface area contributed by atoms with Crippen LogP contribution in [0, 0.1) is 17.6 Å². The number of carbonyl (C=O) groups excluding carboxylic acids is 1. The van der Waals surface area contributed by atoms with E-state index in [0.29, 0.717) is 66.5 Å². The fourth-order valence-corrected chi connectivity index (χ4v) is 4.35. The summed E-state index contributed by atoms with van der Waals surface area (Å²) in [6.45, 7) is 6.78. The number of nitrogens with zero attached hydrogens (tertiary/aromatic N) is 7. The Hall–Kier alpha value is -3.79. The molecule has 3 aromatic heterocycles. The summed E-state index contributed by atoms with van der Waals surface area (Å²) in [5, 5.41) is 4.30. The lowest BCUT2D eigenvalue weighted by molar-refractivity contribution is 0.0934. The molecule has 8 nitrogen and oxygen atoms in total. The fraction of sp³-hybridized carbons (Fsp3) is 0.346. The number of pyridine rings is 1. The normalized spacial score (nSPS) is 14.7. The largest absolute Gasteiger partial charge is 0.352 e. The average Bonchev–Trinajstić information content (AvgIpc) is 3.30. The third kappa shape index (κ3) is 4.81. The van der Waals surface area contributed by atoms with E-state index >= 15 is 0 Å². The van der Waals surface area contributed by atoms with E-state index < -0.39 is 11.6 Å². The van der Waals surface area contributed by atoms with Crippen molar-refractivity contribution in [3.05, 3.63) is 65.7 Å². The van der Waals surface area contributed by atoms with Gasteiger partial charge >= 0.3 is 0 Å². The molecule has 0 bridgehead atoms. The third-order valence-corrected chi connectivity index (χ3v) is 6.37. The van der Waals surface area contributed by atoms with Gasteiger partial charge < -0.3 is 4.90 Å². The number of piperazine rings is 1. The van der Waals surface area contributed by atoms with E-state index in [4.69, 9.17) is 9.97 Å². The smallest absolute Gasteiger partial charge is 0.183 e. The van der Waals surface area contributed by atoms with Crippen LogP contribution in [0.5, 0.6) is 0 Å². The summed E-state index contributed by atoms with van der Waals surface area (Å²) in [5.74, 6) is -0.597. The minimum absolute atomic E-state index is 0.0422. The summed E-state index contributed by atoms with van der Waals surface area (Å²) in [4.78, 5) is 30.9. The number of rotatable bonds is 6. The van der Waals surface area contributed by atoms with Gasteiger partial charge in [-0.1, -0.05) is 19.9 Å². The molecule has 5 rings (SSSR count). The number of Topliss-reactive ketones (excluding diaryl/α,β-unsaturated/α-hetero) is 1. The minimum atomic E-state index is -0.575. The van der Waals surface area contributed by atoms with Crippen LogP contribution in [-0.4, -0.2) is 61.6 Å². The van der Waals surface area contributed by atoms with Gasteiger partial charge in [-0.2, -0.15) is 5.10 Å². The molecule has 0 amide bonds. The maximum Gasteiger partial charge on any atom is 0.183 e. The summed E-state index contributed by atoms with van der Waals surface area (Å²) >= 11 is 0. The fourth-order valence-electron chi connectivity index (χ4n) is 4.35. The maximum absolute atomic E-state index is 14.1. The van der Waals surface area contributed by atoms with Crippen molar-refractivity contribution >= 4 is 22.6 Å². The van der Waals surface area contributed by atoms with Crippen LogP contribution in [0.3, 0.4) is 0 Å². The molecule has 1 saturated heterocycles. The van der Waals surface area contributed by atoms with Crippen LogP contribution in [0.4, 0.5) is 14.6 Å². The summed E-state index contributed by atoms with van der Waals surface area (Å²) in [6.07, 6.45) is 5.23. The molecule has 4 aromatic rings. The zero-order valence-electron chi connectivity index (χ0n) is 20.4. The highest BCUT2D eigenvalue weighted by molar-refractivity contribution is 5.98. The SMILES string of the molecule is CC(C)C(=O)c1cc2nc(-c3cnn(C)c3)c(N3CCN(Cc4ccc(F)cc4F)CC3)nc2cn1. The predicted molar refractivity (Wildman–Crippen MR) is 133 cm³/mol. The number of aryl methyl sites for hydroxylation is 1. The second-order valence-electron chi connectivity index (χ2n) is 9.37. The number of aromatic nitrogens is 5. The Balaban J connectivity index is 1.44. The minimum Gasteiger partial charge on any atom is -0.352 e. The van der Waals surface area contributed by atoms with Gasteiger partial charge in [0.05, 0.1) is 17.9 Å². The monoisotopic (exact) mass is 491 g/mol. The van der Waals surface area contributed by atoms with Crippen LogP contribution in [0.1, 0.15) is 29.9 Å². The Morgan fingerprint density at radius 2 is 1.81 bits per heavy atom. The highest BCUT2D eigenvalue weighted by Crippen LogP contribution is 2.30. The lowest BCUT2D eigenvalue weighted by atomic mass is 10.1. The van der Waals surface area contributed by atoms with E-state index in [1.807, 2.05) is 27.1 Å². The molecule has 0 saturated carbocycles. The van der Waals surface area contributed by atoms with E-state index in [1.165, 1.54) is 12.1 Å². The average molecular weight is 492 g/mol. The number of fused-ring (bicyclic) bond motifs is 1. The van der Waals surface area contributed by atoms with Crippen molar-refractivity contribution in [3.63, 3.8) is 0 Å². The second-order valence-corrected chi connectivity index (χ2v) is 9.37. The van der Waals surface area contributed by atoms with Gasteiger partial charge in [-0.05, 0) is 12.1 Å². The summed E-state index contributed by atoms with van der Waals surface area (Å²) < 4.78 is 29.1. The Bertz CT molecular complexity index is 1430. The molecule has 0 atom stereocenters. The number of benzene rings is 1. The van der Waals surface area contributed by atoms with Gasteiger partial charge in [0.15, 0.2) is 11.6 Å². The molecule has 1 aromatic carbocycles. The molecule has 0 aliphatic carbocycles. The molecule has 4 heterocycles. The van der Waals surface area contributed by atoms with Crippen LogP contribution in [0.25, 0.3) is 22.3 Å². The summed E-state index contributed by atoms with van der Waals surface area (Å²) in [6, 6.07) is 5.40. The van der Waals surface area contributed by atoms with Crippen molar-refractivity contribution in [2.45, 2.75) is 20.4 Å². The molecular weight excluding hydrogens is 464 g/mol. The highest BCUT2D eigenvalue weighted by Gasteiger charge is 2.24. The van der Waals surface area contributed by atoms with E-state index in [-0.39, 0.29) is 11.7 Å². The van der Waals surface area contributed by atoms with Gasteiger partial charge in [-0.3, -0.25) is 19.4 Å². The number of anilines is 1. The molecule has 186 valence electrons. The van der Waals surface area contributed by atoms with E-state index in [1.54, 1.807) is 23.1 Å². The molecule has 0 radical (unpaired) electrons. The number of hydrogen-bond donors (Lipinski definition) is 0. The van der Waals surface area contributed by atoms with Gasteiger partial charge in [-0.15, -0.1) is 0 Å². The van der Waals surface area contributed by atoms with Crippen LogP contribution in [0.15, 0.2) is 42.9 Å². The Morgan fingerprint density at radius 3 is 2.47 bits per heavy atom. The number of carbonyl (C=O) groups is 1.